The first kappa shape index (κ1) is 11.0. The summed E-state index contributed by atoms with van der Waals surface area (Å²) >= 11 is 0. The molecule has 0 fully saturated rings. The highest BCUT2D eigenvalue weighted by molar-refractivity contribution is 5.60. The summed E-state index contributed by atoms with van der Waals surface area (Å²) in [6.07, 6.45) is -0.0560. The number of hydrogen-bond acceptors (Lipinski definition) is 4. The number of fused-ring (bicyclic) bond motifs is 1. The van der Waals surface area contributed by atoms with Crippen LogP contribution in [-0.2, 0) is 15.9 Å². The second-order valence-electron chi connectivity index (χ2n) is 3.58. The standard InChI is InChI=1S/C12H15NO3/c1-2-15-12(14)16-11-10-6-4-3-5-9(10)7-8-13-11/h3-6,11,13H,2,7-8H2,1H3/t11-/m0/s1. The molecular weight excluding hydrogens is 206 g/mol. The van der Waals surface area contributed by atoms with E-state index in [1.165, 1.54) is 5.56 Å². The van der Waals surface area contributed by atoms with Gasteiger partial charge in [0, 0.05) is 12.1 Å². The molecule has 0 radical (unpaired) electrons. The van der Waals surface area contributed by atoms with Crippen LogP contribution in [0.1, 0.15) is 24.3 Å². The number of nitrogens with one attached hydrogen (secondary N) is 1. The van der Waals surface area contributed by atoms with E-state index in [9.17, 15) is 4.79 Å². The van der Waals surface area contributed by atoms with Gasteiger partial charge in [-0.3, -0.25) is 5.32 Å². The highest BCUT2D eigenvalue weighted by Crippen LogP contribution is 2.23. The molecule has 1 aromatic rings. The second kappa shape index (κ2) is 4.99. The largest absolute Gasteiger partial charge is 0.510 e. The lowest BCUT2D eigenvalue weighted by Crippen LogP contribution is -2.33. The van der Waals surface area contributed by atoms with Crippen molar-refractivity contribution in [3.05, 3.63) is 35.4 Å². The van der Waals surface area contributed by atoms with Crippen LogP contribution >= 0.6 is 0 Å². The molecule has 86 valence electrons. The summed E-state index contributed by atoms with van der Waals surface area (Å²) in [5.74, 6) is 0. The van der Waals surface area contributed by atoms with Gasteiger partial charge in [-0.1, -0.05) is 24.3 Å². The van der Waals surface area contributed by atoms with Gasteiger partial charge in [0.15, 0.2) is 6.23 Å². The van der Waals surface area contributed by atoms with E-state index in [1.807, 2.05) is 18.2 Å². The van der Waals surface area contributed by atoms with Crippen LogP contribution in [0.25, 0.3) is 0 Å². The van der Waals surface area contributed by atoms with Gasteiger partial charge < -0.3 is 9.47 Å². The van der Waals surface area contributed by atoms with Crippen LogP contribution in [0.3, 0.4) is 0 Å². The summed E-state index contributed by atoms with van der Waals surface area (Å²) in [5, 5.41) is 3.14. The molecule has 1 N–H and O–H groups in total. The lowest BCUT2D eigenvalue weighted by molar-refractivity contribution is 0.0110. The van der Waals surface area contributed by atoms with Crippen molar-refractivity contribution >= 4 is 6.16 Å². The van der Waals surface area contributed by atoms with Crippen LogP contribution in [0, 0.1) is 0 Å². The SMILES string of the molecule is CCOC(=O)O[C@@H]1NCCc2ccccc21. The Morgan fingerprint density at radius 3 is 3.12 bits per heavy atom. The van der Waals surface area contributed by atoms with Crippen LogP contribution in [0.2, 0.25) is 0 Å². The van der Waals surface area contributed by atoms with E-state index in [0.29, 0.717) is 6.61 Å². The topological polar surface area (TPSA) is 47.6 Å². The monoisotopic (exact) mass is 221 g/mol. The summed E-state index contributed by atoms with van der Waals surface area (Å²) in [4.78, 5) is 11.2. The van der Waals surface area contributed by atoms with E-state index in [2.05, 4.69) is 11.4 Å². The maximum atomic E-state index is 11.2. The fourth-order valence-corrected chi connectivity index (χ4v) is 1.82. The number of hydrogen-bond donors (Lipinski definition) is 1. The summed E-state index contributed by atoms with van der Waals surface area (Å²) in [7, 11) is 0. The van der Waals surface area contributed by atoms with Crippen LogP contribution in [0.15, 0.2) is 24.3 Å². The van der Waals surface area contributed by atoms with E-state index < -0.39 is 6.16 Å². The van der Waals surface area contributed by atoms with E-state index in [1.54, 1.807) is 6.92 Å². The smallest absolute Gasteiger partial charge is 0.435 e. The Labute approximate surface area is 94.6 Å². The fourth-order valence-electron chi connectivity index (χ4n) is 1.82. The predicted molar refractivity (Wildman–Crippen MR) is 59.0 cm³/mol. The Morgan fingerprint density at radius 2 is 2.31 bits per heavy atom. The quantitative estimate of drug-likeness (QED) is 0.776. The third-order valence-corrected chi connectivity index (χ3v) is 2.54. The molecule has 1 aromatic carbocycles. The third kappa shape index (κ3) is 2.33. The molecule has 0 bridgehead atoms. The molecule has 0 aliphatic carbocycles. The highest BCUT2D eigenvalue weighted by atomic mass is 16.7. The minimum atomic E-state index is -0.628. The van der Waals surface area contributed by atoms with Gasteiger partial charge in [-0.15, -0.1) is 0 Å². The molecule has 1 heterocycles. The number of rotatable bonds is 2. The van der Waals surface area contributed by atoms with Gasteiger partial charge in [-0.05, 0) is 18.9 Å². The zero-order valence-electron chi connectivity index (χ0n) is 9.23. The van der Waals surface area contributed by atoms with Gasteiger partial charge in [-0.2, -0.15) is 0 Å². The lowest BCUT2D eigenvalue weighted by Gasteiger charge is -2.25. The number of benzene rings is 1. The van der Waals surface area contributed by atoms with Crippen LogP contribution in [0.4, 0.5) is 4.79 Å². The molecule has 1 atom stereocenters. The molecule has 0 aromatic heterocycles. The summed E-state index contributed by atoms with van der Waals surface area (Å²) in [6.45, 7) is 2.89. The van der Waals surface area contributed by atoms with E-state index >= 15 is 0 Å². The molecule has 0 unspecified atom stereocenters. The van der Waals surface area contributed by atoms with Gasteiger partial charge in [0.25, 0.3) is 0 Å². The Morgan fingerprint density at radius 1 is 1.50 bits per heavy atom. The molecule has 2 rings (SSSR count). The number of ether oxygens (including phenoxy) is 2. The average Bonchev–Trinajstić information content (AvgIpc) is 2.30. The van der Waals surface area contributed by atoms with Gasteiger partial charge in [0.05, 0.1) is 6.61 Å². The number of carbonyl (C=O) groups is 1. The first-order valence-corrected chi connectivity index (χ1v) is 5.46. The first-order chi connectivity index (χ1) is 7.81. The van der Waals surface area contributed by atoms with Crippen molar-refractivity contribution in [1.82, 2.24) is 5.32 Å². The minimum Gasteiger partial charge on any atom is -0.435 e. The molecule has 16 heavy (non-hydrogen) atoms. The maximum Gasteiger partial charge on any atom is 0.510 e. The molecule has 0 amide bonds. The normalized spacial score (nSPS) is 18.7. The van der Waals surface area contributed by atoms with Crippen molar-refractivity contribution in [3.63, 3.8) is 0 Å². The Kier molecular flexibility index (Phi) is 3.41. The highest BCUT2D eigenvalue weighted by Gasteiger charge is 2.22. The molecule has 4 heteroatoms. The third-order valence-electron chi connectivity index (χ3n) is 2.54. The molecule has 0 saturated carbocycles. The van der Waals surface area contributed by atoms with Crippen LogP contribution in [0.5, 0.6) is 0 Å². The van der Waals surface area contributed by atoms with E-state index in [4.69, 9.17) is 9.47 Å². The van der Waals surface area contributed by atoms with Gasteiger partial charge in [0.2, 0.25) is 0 Å². The molecule has 0 saturated heterocycles. The van der Waals surface area contributed by atoms with Crippen LogP contribution in [-0.4, -0.2) is 19.3 Å². The second-order valence-corrected chi connectivity index (χ2v) is 3.58. The van der Waals surface area contributed by atoms with Crippen molar-refractivity contribution in [2.24, 2.45) is 0 Å². The molecule has 1 aliphatic heterocycles. The summed E-state index contributed by atoms with van der Waals surface area (Å²) < 4.78 is 9.94. The average molecular weight is 221 g/mol. The van der Waals surface area contributed by atoms with Crippen molar-refractivity contribution < 1.29 is 14.3 Å². The molecule has 4 nitrogen and oxygen atoms in total. The Bertz CT molecular complexity index is 378. The Balaban J connectivity index is 2.10. The van der Waals surface area contributed by atoms with Gasteiger partial charge >= 0.3 is 6.16 Å². The Hall–Kier alpha value is -1.55. The zero-order valence-corrected chi connectivity index (χ0v) is 9.23. The van der Waals surface area contributed by atoms with Gasteiger partial charge in [0.1, 0.15) is 0 Å². The van der Waals surface area contributed by atoms with Crippen molar-refractivity contribution in [2.45, 2.75) is 19.6 Å². The summed E-state index contributed by atoms with van der Waals surface area (Å²) in [5.41, 5.74) is 2.23. The van der Waals surface area contributed by atoms with Gasteiger partial charge in [-0.25, -0.2) is 4.79 Å². The maximum absolute atomic E-state index is 11.2. The minimum absolute atomic E-state index is 0.327. The van der Waals surface area contributed by atoms with Crippen molar-refractivity contribution in [3.8, 4) is 0 Å². The zero-order chi connectivity index (χ0) is 11.4. The molecule has 0 spiro atoms. The number of carbonyl (C=O) groups excluding carboxylic acids is 1. The fraction of sp³-hybridized carbons (Fsp3) is 0.417. The van der Waals surface area contributed by atoms with E-state index in [0.717, 1.165) is 18.5 Å². The van der Waals surface area contributed by atoms with E-state index in [-0.39, 0.29) is 6.23 Å². The first-order valence-electron chi connectivity index (χ1n) is 5.46. The lowest BCUT2D eigenvalue weighted by atomic mass is 10.00. The van der Waals surface area contributed by atoms with Crippen LogP contribution < -0.4 is 5.32 Å². The summed E-state index contributed by atoms with van der Waals surface area (Å²) in [6, 6.07) is 7.95. The molecular formula is C12H15NO3. The predicted octanol–water partition coefficient (Wildman–Crippen LogP) is 2.00. The van der Waals surface area contributed by atoms with Crippen molar-refractivity contribution in [1.29, 1.82) is 0 Å². The molecule has 1 aliphatic rings. The van der Waals surface area contributed by atoms with Crippen molar-refractivity contribution in [2.75, 3.05) is 13.2 Å².